The molecule has 0 saturated carbocycles. The van der Waals surface area contributed by atoms with E-state index in [1.807, 2.05) is 0 Å². The largest absolute Gasteiger partial charge is 0.395 e. The van der Waals surface area contributed by atoms with Gasteiger partial charge in [-0.25, -0.2) is 0 Å². The molecule has 138 valence electrons. The highest BCUT2D eigenvalue weighted by molar-refractivity contribution is 5.42. The molecule has 1 aromatic rings. The van der Waals surface area contributed by atoms with E-state index < -0.39 is 31.3 Å². The Morgan fingerprint density at radius 3 is 1.62 bits per heavy atom. The SMILES string of the molecule is CCCCc1cc(C)cc(CCCC)c1C(O)C(CO)(CO)CO. The van der Waals surface area contributed by atoms with E-state index in [1.54, 1.807) is 0 Å². The van der Waals surface area contributed by atoms with Crippen LogP contribution in [0.15, 0.2) is 12.1 Å². The summed E-state index contributed by atoms with van der Waals surface area (Å²) >= 11 is 0. The van der Waals surface area contributed by atoms with Crippen molar-refractivity contribution in [1.29, 1.82) is 0 Å². The Hall–Kier alpha value is -0.940. The Labute approximate surface area is 146 Å². The Bertz CT molecular complexity index is 457. The maximum Gasteiger partial charge on any atom is 0.0917 e. The molecule has 0 radical (unpaired) electrons. The van der Waals surface area contributed by atoms with Gasteiger partial charge in [0.15, 0.2) is 0 Å². The summed E-state index contributed by atoms with van der Waals surface area (Å²) in [7, 11) is 0. The van der Waals surface area contributed by atoms with Crippen LogP contribution in [0.4, 0.5) is 0 Å². The lowest BCUT2D eigenvalue weighted by molar-refractivity contribution is -0.0858. The quantitative estimate of drug-likeness (QED) is 0.500. The number of hydrogen-bond donors (Lipinski definition) is 4. The normalized spacial score (nSPS) is 13.3. The van der Waals surface area contributed by atoms with E-state index in [4.69, 9.17) is 0 Å². The fourth-order valence-corrected chi connectivity index (χ4v) is 3.17. The minimum Gasteiger partial charge on any atom is -0.395 e. The van der Waals surface area contributed by atoms with Crippen molar-refractivity contribution in [2.75, 3.05) is 19.8 Å². The highest BCUT2D eigenvalue weighted by Gasteiger charge is 2.39. The summed E-state index contributed by atoms with van der Waals surface area (Å²) in [5, 5.41) is 40.2. The van der Waals surface area contributed by atoms with Crippen LogP contribution in [0.5, 0.6) is 0 Å². The van der Waals surface area contributed by atoms with Crippen LogP contribution in [0.25, 0.3) is 0 Å². The van der Waals surface area contributed by atoms with Gasteiger partial charge in [0.05, 0.1) is 31.3 Å². The first-order valence-electron chi connectivity index (χ1n) is 9.12. The maximum absolute atomic E-state index is 11.0. The van der Waals surface area contributed by atoms with E-state index in [-0.39, 0.29) is 0 Å². The van der Waals surface area contributed by atoms with Gasteiger partial charge in [-0.3, -0.25) is 0 Å². The summed E-state index contributed by atoms with van der Waals surface area (Å²) in [4.78, 5) is 0. The molecule has 0 spiro atoms. The molecule has 1 aromatic carbocycles. The molecular weight excluding hydrogens is 304 g/mol. The number of benzene rings is 1. The van der Waals surface area contributed by atoms with Crippen molar-refractivity contribution in [3.8, 4) is 0 Å². The molecule has 0 heterocycles. The van der Waals surface area contributed by atoms with Crippen LogP contribution >= 0.6 is 0 Å². The molecule has 24 heavy (non-hydrogen) atoms. The highest BCUT2D eigenvalue weighted by atomic mass is 16.3. The Morgan fingerprint density at radius 1 is 0.875 bits per heavy atom. The minimum absolute atomic E-state index is 0.463. The van der Waals surface area contributed by atoms with Crippen LogP contribution in [-0.2, 0) is 12.8 Å². The second kappa shape index (κ2) is 10.1. The summed E-state index contributed by atoms with van der Waals surface area (Å²) in [6, 6.07) is 4.17. The van der Waals surface area contributed by atoms with Gasteiger partial charge in [0.2, 0.25) is 0 Å². The fourth-order valence-electron chi connectivity index (χ4n) is 3.17. The third kappa shape index (κ3) is 4.79. The maximum atomic E-state index is 11.0. The second-order valence-electron chi connectivity index (χ2n) is 6.94. The Balaban J connectivity index is 3.42. The van der Waals surface area contributed by atoms with E-state index in [0.717, 1.165) is 60.8 Å². The third-order valence-corrected chi connectivity index (χ3v) is 4.89. The molecule has 0 aliphatic rings. The van der Waals surface area contributed by atoms with Crippen LogP contribution < -0.4 is 0 Å². The summed E-state index contributed by atoms with van der Waals surface area (Å²) in [6.45, 7) is 4.92. The molecule has 0 fully saturated rings. The topological polar surface area (TPSA) is 80.9 Å². The molecule has 4 nitrogen and oxygen atoms in total. The molecule has 0 amide bonds. The summed E-state index contributed by atoms with van der Waals surface area (Å²) < 4.78 is 0. The van der Waals surface area contributed by atoms with Crippen LogP contribution in [-0.4, -0.2) is 40.2 Å². The number of unbranched alkanes of at least 4 members (excludes halogenated alkanes) is 2. The van der Waals surface area contributed by atoms with Crippen LogP contribution in [0.3, 0.4) is 0 Å². The fraction of sp³-hybridized carbons (Fsp3) is 0.700. The zero-order chi connectivity index (χ0) is 18.2. The van der Waals surface area contributed by atoms with Crippen molar-refractivity contribution < 1.29 is 20.4 Å². The van der Waals surface area contributed by atoms with E-state index in [9.17, 15) is 20.4 Å². The van der Waals surface area contributed by atoms with Crippen LogP contribution in [0, 0.1) is 12.3 Å². The first-order valence-corrected chi connectivity index (χ1v) is 9.12. The molecule has 4 heteroatoms. The smallest absolute Gasteiger partial charge is 0.0917 e. The highest BCUT2D eigenvalue weighted by Crippen LogP contribution is 2.38. The van der Waals surface area contributed by atoms with Gasteiger partial charge in [-0.05, 0) is 49.3 Å². The van der Waals surface area contributed by atoms with Gasteiger partial charge in [-0.1, -0.05) is 44.4 Å². The van der Waals surface area contributed by atoms with Crippen LogP contribution in [0.1, 0.15) is 67.9 Å². The monoisotopic (exact) mass is 338 g/mol. The molecule has 1 rings (SSSR count). The van der Waals surface area contributed by atoms with E-state index >= 15 is 0 Å². The second-order valence-corrected chi connectivity index (χ2v) is 6.94. The van der Waals surface area contributed by atoms with E-state index in [0.29, 0.717) is 0 Å². The number of aliphatic hydroxyl groups is 4. The van der Waals surface area contributed by atoms with E-state index in [1.165, 1.54) is 0 Å². The first kappa shape index (κ1) is 21.1. The molecule has 0 aromatic heterocycles. The van der Waals surface area contributed by atoms with Crippen molar-refractivity contribution in [1.82, 2.24) is 0 Å². The Kier molecular flexibility index (Phi) is 8.92. The number of rotatable bonds is 11. The minimum atomic E-state index is -1.32. The zero-order valence-corrected chi connectivity index (χ0v) is 15.4. The molecule has 0 bridgehead atoms. The van der Waals surface area contributed by atoms with Crippen molar-refractivity contribution >= 4 is 0 Å². The van der Waals surface area contributed by atoms with Gasteiger partial charge in [-0.2, -0.15) is 0 Å². The van der Waals surface area contributed by atoms with Gasteiger partial charge < -0.3 is 20.4 Å². The predicted molar refractivity (Wildman–Crippen MR) is 97.1 cm³/mol. The molecule has 1 unspecified atom stereocenters. The van der Waals surface area contributed by atoms with Crippen LogP contribution in [0.2, 0.25) is 0 Å². The van der Waals surface area contributed by atoms with Gasteiger partial charge in [0.1, 0.15) is 0 Å². The van der Waals surface area contributed by atoms with Crippen molar-refractivity contribution in [2.45, 2.75) is 65.4 Å². The number of aryl methyl sites for hydroxylation is 3. The van der Waals surface area contributed by atoms with Gasteiger partial charge in [-0.15, -0.1) is 0 Å². The first-order chi connectivity index (χ1) is 11.5. The van der Waals surface area contributed by atoms with Crippen molar-refractivity contribution in [3.63, 3.8) is 0 Å². The Morgan fingerprint density at radius 2 is 1.29 bits per heavy atom. The van der Waals surface area contributed by atoms with Crippen molar-refractivity contribution in [2.24, 2.45) is 5.41 Å². The lowest BCUT2D eigenvalue weighted by Gasteiger charge is -2.35. The van der Waals surface area contributed by atoms with E-state index in [2.05, 4.69) is 32.9 Å². The molecule has 1 atom stereocenters. The molecule has 0 saturated heterocycles. The molecule has 0 aliphatic carbocycles. The van der Waals surface area contributed by atoms with Gasteiger partial charge in [0.25, 0.3) is 0 Å². The number of hydrogen-bond acceptors (Lipinski definition) is 4. The van der Waals surface area contributed by atoms with Gasteiger partial charge in [0, 0.05) is 0 Å². The molecular formula is C20H34O4. The standard InChI is InChI=1S/C20H34O4/c1-4-6-8-16-10-15(3)11-17(9-7-5-2)18(16)19(24)20(12-21,13-22)14-23/h10-11,19,21-24H,4-9,12-14H2,1-3H3. The third-order valence-electron chi connectivity index (χ3n) is 4.89. The average molecular weight is 338 g/mol. The predicted octanol–water partition coefficient (Wildman–Crippen LogP) is 2.68. The summed E-state index contributed by atoms with van der Waals surface area (Å²) in [5.41, 5.74) is 2.76. The summed E-state index contributed by atoms with van der Waals surface area (Å²) in [6.07, 6.45) is 4.75. The zero-order valence-electron chi connectivity index (χ0n) is 15.4. The summed E-state index contributed by atoms with van der Waals surface area (Å²) in [5.74, 6) is 0. The molecule has 4 N–H and O–H groups in total. The van der Waals surface area contributed by atoms with Gasteiger partial charge >= 0.3 is 0 Å². The molecule has 0 aliphatic heterocycles. The lowest BCUT2D eigenvalue weighted by Crippen LogP contribution is -2.41. The van der Waals surface area contributed by atoms with Crippen molar-refractivity contribution in [3.05, 3.63) is 34.4 Å². The number of aliphatic hydroxyl groups excluding tert-OH is 4. The lowest BCUT2D eigenvalue weighted by atomic mass is 9.76. The average Bonchev–Trinajstić information content (AvgIpc) is 2.59.